The van der Waals surface area contributed by atoms with Crippen LogP contribution in [-0.4, -0.2) is 78.6 Å². The number of ether oxygens (including phenoxy) is 1. The van der Waals surface area contributed by atoms with E-state index in [1.807, 2.05) is 6.92 Å². The summed E-state index contributed by atoms with van der Waals surface area (Å²) in [4.78, 5) is 31.5. The summed E-state index contributed by atoms with van der Waals surface area (Å²) in [6, 6.07) is 0.687. The number of hydrogen-bond donors (Lipinski definition) is 0. The summed E-state index contributed by atoms with van der Waals surface area (Å²) in [5, 5.41) is 0. The zero-order valence-corrected chi connectivity index (χ0v) is 19.5. The van der Waals surface area contributed by atoms with Gasteiger partial charge in [0.15, 0.2) is 0 Å². The van der Waals surface area contributed by atoms with Crippen LogP contribution in [0, 0.1) is 11.3 Å². The maximum atomic E-state index is 13.0. The monoisotopic (exact) mass is 441 g/mol. The van der Waals surface area contributed by atoms with Crippen LogP contribution in [0.4, 0.5) is 4.79 Å². The molecule has 2 bridgehead atoms. The second kappa shape index (κ2) is 10.5. The van der Waals surface area contributed by atoms with Gasteiger partial charge >= 0.3 is 12.0 Å². The first-order chi connectivity index (χ1) is 14.1. The Morgan fingerprint density at radius 2 is 1.70 bits per heavy atom. The van der Waals surface area contributed by atoms with Crippen LogP contribution in [0.25, 0.3) is 0 Å². The van der Waals surface area contributed by atoms with Crippen LogP contribution in [0.5, 0.6) is 0 Å². The van der Waals surface area contributed by atoms with Crippen LogP contribution in [-0.2, 0) is 9.53 Å². The van der Waals surface area contributed by atoms with Crippen molar-refractivity contribution < 1.29 is 14.3 Å². The molecule has 0 radical (unpaired) electrons. The zero-order valence-electron chi connectivity index (χ0n) is 18.7. The maximum Gasteiger partial charge on any atom is 0.320 e. The van der Waals surface area contributed by atoms with E-state index in [-0.39, 0.29) is 24.4 Å². The van der Waals surface area contributed by atoms with E-state index >= 15 is 0 Å². The predicted octanol–water partition coefficient (Wildman–Crippen LogP) is 3.92. The van der Waals surface area contributed by atoms with Crippen LogP contribution < -0.4 is 0 Å². The molecule has 5 aliphatic rings. The highest BCUT2D eigenvalue weighted by atomic mass is 35.5. The van der Waals surface area contributed by atoms with E-state index < -0.39 is 0 Å². The number of amides is 2. The molecular formula is C23H40ClN3O3. The molecule has 0 aromatic rings. The van der Waals surface area contributed by atoms with Crippen LogP contribution in [0.1, 0.15) is 71.1 Å². The van der Waals surface area contributed by atoms with Gasteiger partial charge in [-0.15, -0.1) is 12.4 Å². The molecule has 30 heavy (non-hydrogen) atoms. The quantitative estimate of drug-likeness (QED) is 0.535. The van der Waals surface area contributed by atoms with Crippen LogP contribution in [0.15, 0.2) is 0 Å². The fourth-order valence-electron chi connectivity index (χ4n) is 6.09. The summed E-state index contributed by atoms with van der Waals surface area (Å²) in [5.41, 5.74) is 0.513. The van der Waals surface area contributed by atoms with Crippen molar-refractivity contribution in [3.8, 4) is 0 Å². The molecule has 7 heteroatoms. The number of hydrogen-bond acceptors (Lipinski definition) is 4. The van der Waals surface area contributed by atoms with Crippen molar-refractivity contribution in [2.45, 2.75) is 77.2 Å². The van der Waals surface area contributed by atoms with Crippen molar-refractivity contribution in [3.63, 3.8) is 0 Å². The number of urea groups is 1. The van der Waals surface area contributed by atoms with Crippen molar-refractivity contribution in [2.24, 2.45) is 11.3 Å². The molecule has 1 aliphatic carbocycles. The van der Waals surface area contributed by atoms with Crippen LogP contribution >= 0.6 is 12.4 Å². The highest BCUT2D eigenvalue weighted by molar-refractivity contribution is 5.85. The molecule has 2 amide bonds. The number of halogens is 1. The molecule has 172 valence electrons. The van der Waals surface area contributed by atoms with Gasteiger partial charge in [-0.2, -0.15) is 0 Å². The van der Waals surface area contributed by atoms with E-state index in [4.69, 9.17) is 4.74 Å². The van der Waals surface area contributed by atoms with Gasteiger partial charge in [0.2, 0.25) is 0 Å². The molecule has 0 aromatic heterocycles. The first-order valence-corrected chi connectivity index (χ1v) is 12.0. The second-order valence-electron chi connectivity index (χ2n) is 9.82. The van der Waals surface area contributed by atoms with Crippen molar-refractivity contribution in [1.82, 2.24) is 14.7 Å². The Kier molecular flexibility index (Phi) is 8.31. The summed E-state index contributed by atoms with van der Waals surface area (Å²) in [6.07, 6.45) is 11.1. The Balaban J connectivity index is 0.00000256. The molecule has 4 aliphatic heterocycles. The van der Waals surface area contributed by atoms with E-state index in [0.717, 1.165) is 51.7 Å². The predicted molar refractivity (Wildman–Crippen MR) is 120 cm³/mol. The van der Waals surface area contributed by atoms with Gasteiger partial charge in [0, 0.05) is 32.1 Å². The SMILES string of the molecule is CCOC(=O)CCC1CCC(N2CCN(CCC34CCN(CC3)CC4)C2=O)CC1.Cl. The number of piperidine rings is 3. The Morgan fingerprint density at radius 3 is 2.33 bits per heavy atom. The largest absolute Gasteiger partial charge is 0.466 e. The summed E-state index contributed by atoms with van der Waals surface area (Å²) < 4.78 is 5.05. The van der Waals surface area contributed by atoms with Gasteiger partial charge in [-0.25, -0.2) is 4.79 Å². The van der Waals surface area contributed by atoms with Gasteiger partial charge in [-0.3, -0.25) is 4.79 Å². The smallest absolute Gasteiger partial charge is 0.320 e. The molecule has 0 unspecified atom stereocenters. The Labute approximate surface area is 188 Å². The number of esters is 1. The average molecular weight is 442 g/mol. The molecule has 6 nitrogen and oxygen atoms in total. The molecule has 5 fully saturated rings. The number of rotatable bonds is 8. The zero-order chi connectivity index (χ0) is 20.3. The molecule has 1 saturated carbocycles. The molecular weight excluding hydrogens is 402 g/mol. The van der Waals surface area contributed by atoms with Crippen molar-refractivity contribution >= 4 is 24.4 Å². The topological polar surface area (TPSA) is 53.1 Å². The van der Waals surface area contributed by atoms with Gasteiger partial charge < -0.3 is 19.4 Å². The molecule has 4 saturated heterocycles. The van der Waals surface area contributed by atoms with Gasteiger partial charge in [-0.1, -0.05) is 0 Å². The van der Waals surface area contributed by atoms with Gasteiger partial charge in [0.25, 0.3) is 0 Å². The molecule has 0 N–H and O–H groups in total. The lowest BCUT2D eigenvalue weighted by Gasteiger charge is -2.49. The Bertz CT molecular complexity index is 572. The number of carbonyl (C=O) groups is 2. The van der Waals surface area contributed by atoms with Gasteiger partial charge in [0.05, 0.1) is 6.61 Å². The van der Waals surface area contributed by atoms with E-state index in [9.17, 15) is 9.59 Å². The normalized spacial score (nSPS) is 33.5. The fourth-order valence-corrected chi connectivity index (χ4v) is 6.09. The number of nitrogens with zero attached hydrogens (tertiary/aromatic N) is 3. The lowest BCUT2D eigenvalue weighted by atomic mass is 9.70. The standard InChI is InChI=1S/C23H39N3O3.ClH/c1-2-29-21(27)8-5-19-3-6-20(7-4-19)26-18-17-25(22(26)28)16-12-23-9-13-24(14-10-23)15-11-23;/h19-20H,2-18H2,1H3;1H. The minimum Gasteiger partial charge on any atom is -0.466 e. The molecule has 0 aromatic carbocycles. The van der Waals surface area contributed by atoms with Gasteiger partial charge in [-0.05, 0) is 95.7 Å². The molecule has 0 atom stereocenters. The summed E-state index contributed by atoms with van der Waals surface area (Å²) in [5.74, 6) is 0.545. The maximum absolute atomic E-state index is 13.0. The van der Waals surface area contributed by atoms with Crippen molar-refractivity contribution in [1.29, 1.82) is 0 Å². The third-order valence-electron chi connectivity index (χ3n) is 8.23. The highest BCUT2D eigenvalue weighted by Gasteiger charge is 2.41. The molecule has 5 rings (SSSR count). The minimum atomic E-state index is -0.0666. The minimum absolute atomic E-state index is 0. The third-order valence-corrected chi connectivity index (χ3v) is 8.23. The van der Waals surface area contributed by atoms with E-state index in [1.54, 1.807) is 0 Å². The lowest BCUT2D eigenvalue weighted by molar-refractivity contribution is -0.143. The van der Waals surface area contributed by atoms with E-state index in [2.05, 4.69) is 14.7 Å². The van der Waals surface area contributed by atoms with Crippen LogP contribution in [0.2, 0.25) is 0 Å². The molecule has 4 heterocycles. The van der Waals surface area contributed by atoms with Crippen molar-refractivity contribution in [3.05, 3.63) is 0 Å². The third kappa shape index (κ3) is 5.42. The number of fused-ring (bicyclic) bond motifs is 3. The Morgan fingerprint density at radius 1 is 1.03 bits per heavy atom. The number of carbonyl (C=O) groups excluding carboxylic acids is 2. The molecule has 0 spiro atoms. The summed E-state index contributed by atoms with van der Waals surface area (Å²) >= 11 is 0. The average Bonchev–Trinajstić information content (AvgIpc) is 3.13. The fraction of sp³-hybridized carbons (Fsp3) is 0.913. The second-order valence-corrected chi connectivity index (χ2v) is 9.82. The first kappa shape index (κ1) is 23.6. The van der Waals surface area contributed by atoms with Gasteiger partial charge in [0.1, 0.15) is 0 Å². The highest BCUT2D eigenvalue weighted by Crippen LogP contribution is 2.43. The van der Waals surface area contributed by atoms with Crippen LogP contribution in [0.3, 0.4) is 0 Å². The van der Waals surface area contributed by atoms with E-state index in [1.165, 1.54) is 45.3 Å². The summed E-state index contributed by atoms with van der Waals surface area (Å²) in [7, 11) is 0. The first-order valence-electron chi connectivity index (χ1n) is 12.0. The lowest BCUT2D eigenvalue weighted by Crippen LogP contribution is -2.49. The van der Waals surface area contributed by atoms with Crippen molar-refractivity contribution in [2.75, 3.05) is 45.9 Å². The Hall–Kier alpha value is -1.01. The summed E-state index contributed by atoms with van der Waals surface area (Å²) in [6.45, 7) is 8.87. The van der Waals surface area contributed by atoms with E-state index in [0.29, 0.717) is 30.4 Å².